The monoisotopic (exact) mass is 568 g/mol. The van der Waals surface area contributed by atoms with Gasteiger partial charge in [0.05, 0.1) is 29.1 Å². The Labute approximate surface area is 224 Å². The quantitative estimate of drug-likeness (QED) is 0.435. The van der Waals surface area contributed by atoms with Crippen LogP contribution < -0.4 is 11.1 Å². The van der Waals surface area contributed by atoms with Crippen molar-refractivity contribution in [2.75, 3.05) is 45.2 Å². The van der Waals surface area contributed by atoms with Gasteiger partial charge in [0.25, 0.3) is 11.8 Å². The lowest BCUT2D eigenvalue weighted by atomic mass is 10.1. The number of nitrogens with one attached hydrogen (secondary N) is 1. The van der Waals surface area contributed by atoms with Gasteiger partial charge in [-0.1, -0.05) is 29.3 Å². The van der Waals surface area contributed by atoms with Gasteiger partial charge < -0.3 is 20.7 Å². The van der Waals surface area contributed by atoms with Crippen molar-refractivity contribution in [2.45, 2.75) is 6.92 Å². The van der Waals surface area contributed by atoms with Crippen LogP contribution in [0.5, 0.6) is 0 Å². The van der Waals surface area contributed by atoms with E-state index in [1.807, 2.05) is 4.90 Å². The van der Waals surface area contributed by atoms with Gasteiger partial charge in [0, 0.05) is 41.3 Å². The molecule has 3 aromatic rings. The van der Waals surface area contributed by atoms with Gasteiger partial charge in [0.15, 0.2) is 0 Å². The molecule has 9 nitrogen and oxygen atoms in total. The van der Waals surface area contributed by atoms with Crippen molar-refractivity contribution in [1.29, 1.82) is 0 Å². The molecule has 3 heterocycles. The van der Waals surface area contributed by atoms with Gasteiger partial charge in [-0.05, 0) is 24.6 Å². The summed E-state index contributed by atoms with van der Waals surface area (Å²) in [5, 5.41) is 4.70. The Bertz CT molecular complexity index is 1380. The number of hydrogen-bond acceptors (Lipinski definition) is 8. The number of primary amides is 1. The number of fused-ring (bicyclic) bond motifs is 1. The third kappa shape index (κ3) is 5.21. The minimum atomic E-state index is -0.689. The molecule has 0 aliphatic carbocycles. The zero-order valence-corrected chi connectivity index (χ0v) is 22.5. The first-order valence-electron chi connectivity index (χ1n) is 10.8. The lowest BCUT2D eigenvalue weighted by Gasteiger charge is -2.34. The summed E-state index contributed by atoms with van der Waals surface area (Å²) in [6.07, 6.45) is 0. The Morgan fingerprint density at radius 3 is 2.42 bits per heavy atom. The van der Waals surface area contributed by atoms with Crippen LogP contribution in [0.1, 0.15) is 35.3 Å². The number of ether oxygens (including phenoxy) is 1. The first-order chi connectivity index (χ1) is 17.1. The molecule has 1 aromatic carbocycles. The SMILES string of the molecule is COC(=O)c1c(NC(=O)CN2CCN(C(=O)c3sc4cc(Cl)ccc4c3Cl)CC2)sc(C(N)=O)c1C. The highest BCUT2D eigenvalue weighted by molar-refractivity contribution is 7.21. The fraction of sp³-hybridized carbons (Fsp3) is 0.304. The van der Waals surface area contributed by atoms with Gasteiger partial charge in [0.1, 0.15) is 9.88 Å². The van der Waals surface area contributed by atoms with Crippen LogP contribution in [0.25, 0.3) is 10.1 Å². The zero-order valence-electron chi connectivity index (χ0n) is 19.4. The van der Waals surface area contributed by atoms with Crippen LogP contribution in [0.3, 0.4) is 0 Å². The standard InChI is InChI=1S/C23H22Cl2N4O5S2/c1-11-16(23(33)34-2)21(36-18(11)20(26)31)27-15(30)10-28-5-7-29(8-6-28)22(32)19-17(25)13-4-3-12(24)9-14(13)35-19/h3-4,9H,5-8,10H2,1-2H3,(H2,26,31)(H,27,30). The molecule has 36 heavy (non-hydrogen) atoms. The number of amides is 3. The largest absolute Gasteiger partial charge is 0.465 e. The van der Waals surface area contributed by atoms with Gasteiger partial charge in [-0.3, -0.25) is 19.3 Å². The van der Waals surface area contributed by atoms with Crippen molar-refractivity contribution < 1.29 is 23.9 Å². The maximum Gasteiger partial charge on any atom is 0.341 e. The van der Waals surface area contributed by atoms with E-state index < -0.39 is 11.9 Å². The average Bonchev–Trinajstić information content (AvgIpc) is 3.34. The molecule has 190 valence electrons. The molecule has 2 aromatic heterocycles. The van der Waals surface area contributed by atoms with Crippen LogP contribution in [0, 0.1) is 6.92 Å². The van der Waals surface area contributed by atoms with Crippen LogP contribution in [-0.2, 0) is 9.53 Å². The van der Waals surface area contributed by atoms with E-state index in [9.17, 15) is 19.2 Å². The van der Waals surface area contributed by atoms with E-state index in [4.69, 9.17) is 33.7 Å². The average molecular weight is 569 g/mol. The lowest BCUT2D eigenvalue weighted by molar-refractivity contribution is -0.117. The van der Waals surface area contributed by atoms with Crippen molar-refractivity contribution >= 4 is 84.7 Å². The van der Waals surface area contributed by atoms with Crippen molar-refractivity contribution in [2.24, 2.45) is 5.73 Å². The molecule has 13 heteroatoms. The van der Waals surface area contributed by atoms with Crippen LogP contribution in [0.15, 0.2) is 18.2 Å². The zero-order chi connectivity index (χ0) is 26.1. The summed E-state index contributed by atoms with van der Waals surface area (Å²) in [7, 11) is 1.22. The third-order valence-electron chi connectivity index (χ3n) is 5.83. The van der Waals surface area contributed by atoms with Gasteiger partial charge in [-0.2, -0.15) is 0 Å². The normalized spacial score (nSPS) is 14.2. The van der Waals surface area contributed by atoms with Crippen LogP contribution >= 0.6 is 45.9 Å². The Kier molecular flexibility index (Phi) is 7.86. The molecular formula is C23H22Cl2N4O5S2. The predicted molar refractivity (Wildman–Crippen MR) is 142 cm³/mol. The van der Waals surface area contributed by atoms with Crippen LogP contribution in [0.2, 0.25) is 10.0 Å². The van der Waals surface area contributed by atoms with Crippen molar-refractivity contribution in [3.05, 3.63) is 49.1 Å². The van der Waals surface area contributed by atoms with E-state index in [-0.39, 0.29) is 33.8 Å². The highest BCUT2D eigenvalue weighted by Crippen LogP contribution is 2.37. The fourth-order valence-electron chi connectivity index (χ4n) is 3.98. The number of carbonyl (C=O) groups is 4. The molecule has 3 amide bonds. The summed E-state index contributed by atoms with van der Waals surface area (Å²) >= 11 is 14.8. The Hall–Kier alpha value is -2.70. The molecule has 4 rings (SSSR count). The molecule has 0 unspecified atom stereocenters. The summed E-state index contributed by atoms with van der Waals surface area (Å²) in [5.74, 6) is -1.87. The van der Waals surface area contributed by atoms with Crippen LogP contribution in [-0.4, -0.2) is 73.3 Å². The van der Waals surface area contributed by atoms with Gasteiger partial charge in [-0.25, -0.2) is 4.79 Å². The molecule has 3 N–H and O–H groups in total. The van der Waals surface area contributed by atoms with E-state index in [1.54, 1.807) is 30.0 Å². The number of hydrogen-bond donors (Lipinski definition) is 2. The molecule has 1 aliphatic rings. The van der Waals surface area contributed by atoms with E-state index in [2.05, 4.69) is 5.32 Å². The Morgan fingerprint density at radius 2 is 1.78 bits per heavy atom. The first kappa shape index (κ1) is 26.4. The van der Waals surface area contributed by atoms with E-state index in [0.717, 1.165) is 21.4 Å². The highest BCUT2D eigenvalue weighted by atomic mass is 35.5. The number of methoxy groups -OCH3 is 1. The van der Waals surface area contributed by atoms with E-state index >= 15 is 0 Å². The minimum Gasteiger partial charge on any atom is -0.465 e. The summed E-state index contributed by atoms with van der Waals surface area (Å²) in [6.45, 7) is 3.43. The molecule has 0 bridgehead atoms. The third-order valence-corrected chi connectivity index (χ3v) is 8.93. The predicted octanol–water partition coefficient (Wildman–Crippen LogP) is 3.86. The second kappa shape index (κ2) is 10.7. The lowest BCUT2D eigenvalue weighted by Crippen LogP contribution is -2.50. The molecule has 0 radical (unpaired) electrons. The Morgan fingerprint density at radius 1 is 1.08 bits per heavy atom. The van der Waals surface area contributed by atoms with Crippen molar-refractivity contribution in [1.82, 2.24) is 9.80 Å². The van der Waals surface area contributed by atoms with Crippen LogP contribution in [0.4, 0.5) is 5.00 Å². The second-order valence-electron chi connectivity index (χ2n) is 8.12. The highest BCUT2D eigenvalue weighted by Gasteiger charge is 2.28. The molecular weight excluding hydrogens is 547 g/mol. The number of esters is 1. The number of anilines is 1. The van der Waals surface area contributed by atoms with Crippen molar-refractivity contribution in [3.8, 4) is 0 Å². The van der Waals surface area contributed by atoms with Gasteiger partial charge >= 0.3 is 5.97 Å². The van der Waals surface area contributed by atoms with E-state index in [0.29, 0.717) is 46.7 Å². The first-order valence-corrected chi connectivity index (χ1v) is 13.2. The number of rotatable bonds is 6. The van der Waals surface area contributed by atoms with E-state index in [1.165, 1.54) is 18.4 Å². The molecule has 1 fully saturated rings. The minimum absolute atomic E-state index is 0.0492. The molecule has 1 aliphatic heterocycles. The summed E-state index contributed by atoms with van der Waals surface area (Å²) < 4.78 is 5.64. The maximum atomic E-state index is 13.1. The topological polar surface area (TPSA) is 122 Å². The van der Waals surface area contributed by atoms with Crippen molar-refractivity contribution in [3.63, 3.8) is 0 Å². The number of thiophene rings is 2. The number of carbonyl (C=O) groups excluding carboxylic acids is 4. The number of halogens is 2. The molecule has 1 saturated heterocycles. The Balaban J connectivity index is 1.38. The number of piperazine rings is 1. The summed E-state index contributed by atoms with van der Waals surface area (Å²) in [4.78, 5) is 54.0. The molecule has 0 spiro atoms. The molecule has 0 saturated carbocycles. The number of nitrogens with two attached hydrogens (primary N) is 1. The smallest absolute Gasteiger partial charge is 0.341 e. The second-order valence-corrected chi connectivity index (χ2v) is 11.0. The number of benzene rings is 1. The number of nitrogens with zero attached hydrogens (tertiary/aromatic N) is 2. The molecule has 0 atom stereocenters. The fourth-order valence-corrected chi connectivity index (χ4v) is 6.80. The maximum absolute atomic E-state index is 13.1. The summed E-state index contributed by atoms with van der Waals surface area (Å²) in [6, 6.07) is 5.33. The summed E-state index contributed by atoms with van der Waals surface area (Å²) in [5.41, 5.74) is 5.87. The van der Waals surface area contributed by atoms with Gasteiger partial charge in [-0.15, -0.1) is 22.7 Å². The van der Waals surface area contributed by atoms with Gasteiger partial charge in [0.2, 0.25) is 5.91 Å².